The van der Waals surface area contributed by atoms with Crippen LogP contribution in [0.1, 0.15) is 50.5 Å². The first-order valence-electron chi connectivity index (χ1n) is 9.76. The van der Waals surface area contributed by atoms with Crippen molar-refractivity contribution in [3.05, 3.63) is 29.8 Å². The van der Waals surface area contributed by atoms with Gasteiger partial charge in [-0.25, -0.2) is 0 Å². The third kappa shape index (κ3) is 8.36. The number of benzene rings is 1. The van der Waals surface area contributed by atoms with E-state index in [1.807, 2.05) is 24.3 Å². The predicted octanol–water partition coefficient (Wildman–Crippen LogP) is 2.74. The van der Waals surface area contributed by atoms with Gasteiger partial charge in [0.05, 0.1) is 0 Å². The Morgan fingerprint density at radius 2 is 1.70 bits per heavy atom. The number of nitrogens with one attached hydrogen (secondary N) is 2. The predicted molar refractivity (Wildman–Crippen MR) is 119 cm³/mol. The van der Waals surface area contributed by atoms with Gasteiger partial charge in [-0.1, -0.05) is 31.4 Å². The topological polar surface area (TPSA) is 88.7 Å². The molecule has 2 aliphatic rings. The van der Waals surface area contributed by atoms with Gasteiger partial charge in [-0.3, -0.25) is 9.79 Å². The Bertz CT molecular complexity index is 611. The van der Waals surface area contributed by atoms with Crippen LogP contribution in [-0.2, 0) is 11.2 Å². The molecule has 0 aromatic heterocycles. The number of halogens is 1. The fourth-order valence-electron chi connectivity index (χ4n) is 3.21. The highest BCUT2D eigenvalue weighted by Gasteiger charge is 2.23. The molecule has 1 amide bonds. The number of ether oxygens (including phenoxy) is 1. The molecule has 27 heavy (non-hydrogen) atoms. The first-order valence-corrected chi connectivity index (χ1v) is 9.76. The normalized spacial score (nSPS) is 17.7. The van der Waals surface area contributed by atoms with Crippen LogP contribution in [0.3, 0.4) is 0 Å². The minimum absolute atomic E-state index is 0. The highest BCUT2D eigenvalue weighted by molar-refractivity contribution is 14.0. The zero-order chi connectivity index (χ0) is 18.2. The van der Waals surface area contributed by atoms with E-state index in [9.17, 15) is 4.79 Å². The molecule has 1 aromatic carbocycles. The Kier molecular flexibility index (Phi) is 9.17. The van der Waals surface area contributed by atoms with Crippen molar-refractivity contribution in [1.29, 1.82) is 0 Å². The summed E-state index contributed by atoms with van der Waals surface area (Å²) in [6.07, 6.45) is 9.28. The molecule has 0 bridgehead atoms. The number of hydrogen-bond donors (Lipinski definition) is 3. The summed E-state index contributed by atoms with van der Waals surface area (Å²) in [5.41, 5.74) is 7.16. The van der Waals surface area contributed by atoms with E-state index in [4.69, 9.17) is 10.5 Å². The van der Waals surface area contributed by atoms with Crippen molar-refractivity contribution < 1.29 is 9.53 Å². The van der Waals surface area contributed by atoms with Gasteiger partial charge in [-0.05, 0) is 49.8 Å². The molecule has 6 nitrogen and oxygen atoms in total. The molecule has 0 heterocycles. The number of amides is 1. The summed E-state index contributed by atoms with van der Waals surface area (Å²) in [6, 6.07) is 8.67. The van der Waals surface area contributed by atoms with Crippen LogP contribution in [0.15, 0.2) is 29.3 Å². The van der Waals surface area contributed by atoms with Gasteiger partial charge >= 0.3 is 0 Å². The van der Waals surface area contributed by atoms with Crippen molar-refractivity contribution in [2.24, 2.45) is 10.7 Å². The second-order valence-corrected chi connectivity index (χ2v) is 7.27. The maximum Gasteiger partial charge on any atom is 0.258 e. The van der Waals surface area contributed by atoms with E-state index in [1.165, 1.54) is 37.7 Å². The number of nitrogens with two attached hydrogens (primary N) is 1. The molecule has 0 saturated heterocycles. The maximum absolute atomic E-state index is 11.6. The summed E-state index contributed by atoms with van der Waals surface area (Å²) in [4.78, 5) is 16.0. The van der Waals surface area contributed by atoms with E-state index in [2.05, 4.69) is 15.6 Å². The fraction of sp³-hybridized carbons (Fsp3) is 0.600. The number of nitrogens with zero attached hydrogens (tertiary/aromatic N) is 1. The Balaban J connectivity index is 0.00000261. The van der Waals surface area contributed by atoms with Crippen LogP contribution >= 0.6 is 24.0 Å². The lowest BCUT2D eigenvalue weighted by atomic mass is 9.96. The summed E-state index contributed by atoms with van der Waals surface area (Å²) >= 11 is 0. The molecular weight excluding hydrogens is 455 g/mol. The molecule has 2 saturated carbocycles. The van der Waals surface area contributed by atoms with E-state index in [0.29, 0.717) is 30.3 Å². The van der Waals surface area contributed by atoms with E-state index < -0.39 is 0 Å². The Morgan fingerprint density at radius 3 is 2.37 bits per heavy atom. The maximum atomic E-state index is 11.6. The van der Waals surface area contributed by atoms with Gasteiger partial charge in [0, 0.05) is 18.6 Å². The molecule has 0 spiro atoms. The van der Waals surface area contributed by atoms with Gasteiger partial charge < -0.3 is 21.1 Å². The molecule has 7 heteroatoms. The second kappa shape index (κ2) is 11.4. The zero-order valence-electron chi connectivity index (χ0n) is 15.8. The molecule has 0 atom stereocenters. The average Bonchev–Trinajstić information content (AvgIpc) is 3.46. The molecule has 4 N–H and O–H groups in total. The van der Waals surface area contributed by atoms with Gasteiger partial charge in [-0.2, -0.15) is 0 Å². The number of carbonyl (C=O) groups is 1. The van der Waals surface area contributed by atoms with Crippen LogP contribution in [0.25, 0.3) is 0 Å². The third-order valence-electron chi connectivity index (χ3n) is 4.88. The van der Waals surface area contributed by atoms with Crippen molar-refractivity contribution in [2.75, 3.05) is 13.2 Å². The first-order chi connectivity index (χ1) is 12.7. The van der Waals surface area contributed by atoms with Gasteiger partial charge in [0.15, 0.2) is 12.6 Å². The van der Waals surface area contributed by atoms with Crippen LogP contribution in [0.2, 0.25) is 0 Å². The number of carbonyl (C=O) groups excluding carboxylic acids is 1. The number of rotatable bonds is 8. The van der Waals surface area contributed by atoms with Gasteiger partial charge in [0.2, 0.25) is 0 Å². The standard InChI is InChI=1S/C20H30N4O2.HI/c21-20(24-16-4-2-1-3-5-16)22-13-12-15-6-10-18(11-7-15)26-14-19(25)23-17-8-9-17;/h6-7,10-11,16-17H,1-5,8-9,12-14H2,(H,23,25)(H3,21,22,24);1H. The van der Waals surface area contributed by atoms with Gasteiger partial charge in [-0.15, -0.1) is 24.0 Å². The van der Waals surface area contributed by atoms with Crippen LogP contribution in [0.4, 0.5) is 0 Å². The number of guanidine groups is 1. The smallest absolute Gasteiger partial charge is 0.258 e. The van der Waals surface area contributed by atoms with E-state index in [0.717, 1.165) is 19.3 Å². The summed E-state index contributed by atoms with van der Waals surface area (Å²) < 4.78 is 5.51. The second-order valence-electron chi connectivity index (χ2n) is 7.27. The van der Waals surface area contributed by atoms with Gasteiger partial charge in [0.1, 0.15) is 5.75 Å². The quantitative estimate of drug-likeness (QED) is 0.300. The first kappa shape index (κ1) is 21.8. The SMILES string of the molecule is I.NC(=NCCc1ccc(OCC(=O)NC2CC2)cc1)NC1CCCCC1. The largest absolute Gasteiger partial charge is 0.484 e. The van der Waals surface area contributed by atoms with Crippen LogP contribution in [0.5, 0.6) is 5.75 Å². The van der Waals surface area contributed by atoms with E-state index in [1.54, 1.807) is 0 Å². The van der Waals surface area contributed by atoms with Crippen LogP contribution < -0.4 is 21.1 Å². The van der Waals surface area contributed by atoms with Crippen molar-refractivity contribution in [1.82, 2.24) is 10.6 Å². The lowest BCUT2D eigenvalue weighted by Crippen LogP contribution is -2.41. The van der Waals surface area contributed by atoms with E-state index >= 15 is 0 Å². The lowest BCUT2D eigenvalue weighted by Gasteiger charge is -2.23. The molecule has 0 radical (unpaired) electrons. The Labute approximate surface area is 178 Å². The molecule has 2 fully saturated rings. The Morgan fingerprint density at radius 1 is 1.04 bits per heavy atom. The summed E-state index contributed by atoms with van der Waals surface area (Å²) in [5.74, 6) is 1.21. The minimum atomic E-state index is -0.0492. The fourth-order valence-corrected chi connectivity index (χ4v) is 3.21. The zero-order valence-corrected chi connectivity index (χ0v) is 18.1. The summed E-state index contributed by atoms with van der Waals surface area (Å²) in [6.45, 7) is 0.735. The Hall–Kier alpha value is -1.51. The molecule has 0 aliphatic heterocycles. The molecule has 2 aliphatic carbocycles. The number of aliphatic imine (C=N–C) groups is 1. The highest BCUT2D eigenvalue weighted by Crippen LogP contribution is 2.19. The molecular formula is C20H31IN4O2. The van der Waals surface area contributed by atoms with Crippen molar-refractivity contribution in [3.63, 3.8) is 0 Å². The monoisotopic (exact) mass is 486 g/mol. The van der Waals surface area contributed by atoms with Crippen molar-refractivity contribution in [2.45, 2.75) is 63.5 Å². The molecule has 0 unspecified atom stereocenters. The van der Waals surface area contributed by atoms with Crippen LogP contribution in [0, 0.1) is 0 Å². The summed E-state index contributed by atoms with van der Waals surface area (Å²) in [5, 5.41) is 6.24. The summed E-state index contributed by atoms with van der Waals surface area (Å²) in [7, 11) is 0. The van der Waals surface area contributed by atoms with Crippen molar-refractivity contribution in [3.8, 4) is 5.75 Å². The third-order valence-corrected chi connectivity index (χ3v) is 4.88. The van der Waals surface area contributed by atoms with E-state index in [-0.39, 0.29) is 36.5 Å². The number of hydrogen-bond acceptors (Lipinski definition) is 3. The van der Waals surface area contributed by atoms with Crippen LogP contribution in [-0.4, -0.2) is 37.1 Å². The molecule has 1 aromatic rings. The average molecular weight is 486 g/mol. The van der Waals surface area contributed by atoms with Gasteiger partial charge in [0.25, 0.3) is 5.91 Å². The lowest BCUT2D eigenvalue weighted by molar-refractivity contribution is -0.123. The molecule has 3 rings (SSSR count). The van der Waals surface area contributed by atoms with Crippen molar-refractivity contribution >= 4 is 35.8 Å². The molecule has 150 valence electrons. The highest BCUT2D eigenvalue weighted by atomic mass is 127. The minimum Gasteiger partial charge on any atom is -0.484 e.